The number of halogens is 2. The van der Waals surface area contributed by atoms with E-state index in [0.29, 0.717) is 10.7 Å². The van der Waals surface area contributed by atoms with Crippen molar-refractivity contribution in [2.75, 3.05) is 6.54 Å². The summed E-state index contributed by atoms with van der Waals surface area (Å²) < 4.78 is 13.0. The molecule has 1 aliphatic carbocycles. The minimum atomic E-state index is -0.291. The van der Waals surface area contributed by atoms with Crippen LogP contribution in [0, 0.1) is 11.7 Å². The summed E-state index contributed by atoms with van der Waals surface area (Å²) in [5.74, 6) is 0.276. The van der Waals surface area contributed by atoms with E-state index in [2.05, 4.69) is 21.2 Å². The summed E-state index contributed by atoms with van der Waals surface area (Å²) in [7, 11) is 0. The molecule has 1 aromatic carbocycles. The van der Waals surface area contributed by atoms with Crippen LogP contribution in [0.4, 0.5) is 4.39 Å². The molecular weight excluding hydrogens is 309 g/mol. The van der Waals surface area contributed by atoms with Gasteiger partial charge in [-0.2, -0.15) is 0 Å². The number of hydrogen-bond acceptors (Lipinski definition) is 1. The first kappa shape index (κ1) is 14.5. The van der Waals surface area contributed by atoms with Gasteiger partial charge in [-0.15, -0.1) is 0 Å². The van der Waals surface area contributed by atoms with E-state index in [1.807, 2.05) is 0 Å². The van der Waals surface area contributed by atoms with E-state index in [0.717, 1.165) is 24.9 Å². The Morgan fingerprint density at radius 2 is 2.05 bits per heavy atom. The first-order valence-corrected chi connectivity index (χ1v) is 7.70. The number of benzene rings is 1. The van der Waals surface area contributed by atoms with Gasteiger partial charge in [-0.1, -0.05) is 28.1 Å². The lowest BCUT2D eigenvalue weighted by Gasteiger charge is -2.25. The Hall–Kier alpha value is -0.900. The van der Waals surface area contributed by atoms with Gasteiger partial charge in [0.2, 0.25) is 5.91 Å². The van der Waals surface area contributed by atoms with E-state index < -0.39 is 0 Å². The molecule has 0 radical (unpaired) electrons. The van der Waals surface area contributed by atoms with Gasteiger partial charge >= 0.3 is 0 Å². The first-order valence-electron chi connectivity index (χ1n) is 6.78. The predicted octanol–water partition coefficient (Wildman–Crippen LogP) is 3.44. The summed E-state index contributed by atoms with van der Waals surface area (Å²) in [6, 6.07) is 6.21. The van der Waals surface area contributed by atoms with Gasteiger partial charge in [0.05, 0.1) is 6.42 Å². The van der Waals surface area contributed by atoms with Crippen LogP contribution in [-0.4, -0.2) is 17.3 Å². The van der Waals surface area contributed by atoms with Crippen molar-refractivity contribution in [3.63, 3.8) is 0 Å². The summed E-state index contributed by atoms with van der Waals surface area (Å²) in [6.45, 7) is 0.744. The molecule has 0 spiro atoms. The number of carbonyl (C=O) groups is 1. The van der Waals surface area contributed by atoms with Gasteiger partial charge in [0.1, 0.15) is 5.82 Å². The third-order valence-corrected chi connectivity index (χ3v) is 4.53. The molecule has 1 aromatic rings. The molecule has 1 fully saturated rings. The minimum absolute atomic E-state index is 0.0217. The standard InChI is InChI=1S/C15H19BrFNO/c16-13-6-4-11(5-7-13)10-18-15(19)9-12-2-1-3-14(17)8-12/h1-3,8,11,13H,4-7,9-10H2,(H,18,19). The number of hydrogen-bond donors (Lipinski definition) is 1. The zero-order chi connectivity index (χ0) is 13.7. The molecule has 2 nitrogen and oxygen atoms in total. The highest BCUT2D eigenvalue weighted by Gasteiger charge is 2.19. The molecule has 0 aliphatic heterocycles. The van der Waals surface area contributed by atoms with Crippen molar-refractivity contribution in [3.05, 3.63) is 35.6 Å². The zero-order valence-electron chi connectivity index (χ0n) is 10.9. The number of carbonyl (C=O) groups excluding carboxylic acids is 1. The highest BCUT2D eigenvalue weighted by atomic mass is 79.9. The van der Waals surface area contributed by atoms with Gasteiger partial charge in [-0.3, -0.25) is 4.79 Å². The normalized spacial score (nSPS) is 23.1. The summed E-state index contributed by atoms with van der Waals surface area (Å²) >= 11 is 3.62. The highest BCUT2D eigenvalue weighted by Crippen LogP contribution is 2.28. The van der Waals surface area contributed by atoms with Gasteiger partial charge in [0.15, 0.2) is 0 Å². The van der Waals surface area contributed by atoms with E-state index >= 15 is 0 Å². The van der Waals surface area contributed by atoms with E-state index in [1.165, 1.54) is 25.0 Å². The molecule has 0 saturated heterocycles. The van der Waals surface area contributed by atoms with Gasteiger partial charge in [-0.05, 0) is 49.3 Å². The van der Waals surface area contributed by atoms with Crippen molar-refractivity contribution in [3.8, 4) is 0 Å². The van der Waals surface area contributed by atoms with Crippen LogP contribution >= 0.6 is 15.9 Å². The largest absolute Gasteiger partial charge is 0.356 e. The number of amides is 1. The molecule has 0 unspecified atom stereocenters. The highest BCUT2D eigenvalue weighted by molar-refractivity contribution is 9.09. The Kier molecular flexibility index (Phi) is 5.37. The van der Waals surface area contributed by atoms with Gasteiger partial charge in [0.25, 0.3) is 0 Å². The van der Waals surface area contributed by atoms with E-state index in [-0.39, 0.29) is 18.1 Å². The Bertz CT molecular complexity index is 430. The number of rotatable bonds is 4. The molecule has 0 heterocycles. The number of alkyl halides is 1. The van der Waals surface area contributed by atoms with Crippen molar-refractivity contribution < 1.29 is 9.18 Å². The van der Waals surface area contributed by atoms with E-state index in [9.17, 15) is 9.18 Å². The van der Waals surface area contributed by atoms with E-state index in [4.69, 9.17) is 0 Å². The maximum Gasteiger partial charge on any atom is 0.224 e. The van der Waals surface area contributed by atoms with Crippen LogP contribution in [0.3, 0.4) is 0 Å². The topological polar surface area (TPSA) is 29.1 Å². The van der Waals surface area contributed by atoms with Crippen molar-refractivity contribution in [1.29, 1.82) is 0 Å². The molecule has 1 amide bonds. The monoisotopic (exact) mass is 327 g/mol. The lowest BCUT2D eigenvalue weighted by molar-refractivity contribution is -0.120. The summed E-state index contributed by atoms with van der Waals surface area (Å²) in [5, 5.41) is 2.96. The molecule has 4 heteroatoms. The molecule has 1 aliphatic rings. The van der Waals surface area contributed by atoms with Crippen LogP contribution in [0.1, 0.15) is 31.2 Å². The maximum atomic E-state index is 13.0. The Morgan fingerprint density at radius 1 is 1.32 bits per heavy atom. The zero-order valence-corrected chi connectivity index (χ0v) is 12.5. The lowest BCUT2D eigenvalue weighted by atomic mass is 9.89. The Labute approximate surface area is 121 Å². The fraction of sp³-hybridized carbons (Fsp3) is 0.533. The second-order valence-corrected chi connectivity index (χ2v) is 6.52. The average molecular weight is 328 g/mol. The molecule has 0 atom stereocenters. The molecule has 19 heavy (non-hydrogen) atoms. The Balaban J connectivity index is 1.73. The molecule has 0 aromatic heterocycles. The molecular formula is C15H19BrFNO. The third kappa shape index (κ3) is 4.94. The van der Waals surface area contributed by atoms with Crippen LogP contribution in [0.2, 0.25) is 0 Å². The first-order chi connectivity index (χ1) is 9.13. The average Bonchev–Trinajstić information content (AvgIpc) is 2.38. The summed E-state index contributed by atoms with van der Waals surface area (Å²) in [5.41, 5.74) is 0.724. The van der Waals surface area contributed by atoms with Crippen molar-refractivity contribution in [2.45, 2.75) is 36.9 Å². The van der Waals surface area contributed by atoms with Crippen molar-refractivity contribution >= 4 is 21.8 Å². The summed E-state index contributed by atoms with van der Waals surface area (Å²) in [6.07, 6.45) is 4.95. The maximum absolute atomic E-state index is 13.0. The molecule has 2 rings (SSSR count). The smallest absolute Gasteiger partial charge is 0.224 e. The Morgan fingerprint density at radius 3 is 2.74 bits per heavy atom. The van der Waals surface area contributed by atoms with Gasteiger partial charge in [0, 0.05) is 11.4 Å². The van der Waals surface area contributed by atoms with Crippen LogP contribution in [0.5, 0.6) is 0 Å². The van der Waals surface area contributed by atoms with Crippen molar-refractivity contribution in [1.82, 2.24) is 5.32 Å². The van der Waals surface area contributed by atoms with Crippen LogP contribution in [0.15, 0.2) is 24.3 Å². The minimum Gasteiger partial charge on any atom is -0.356 e. The van der Waals surface area contributed by atoms with Crippen LogP contribution in [-0.2, 0) is 11.2 Å². The quantitative estimate of drug-likeness (QED) is 0.843. The molecule has 104 valence electrons. The van der Waals surface area contributed by atoms with Gasteiger partial charge in [-0.25, -0.2) is 4.39 Å². The predicted molar refractivity (Wildman–Crippen MR) is 77.8 cm³/mol. The van der Waals surface area contributed by atoms with E-state index in [1.54, 1.807) is 12.1 Å². The third-order valence-electron chi connectivity index (χ3n) is 3.62. The van der Waals surface area contributed by atoms with Crippen molar-refractivity contribution in [2.24, 2.45) is 5.92 Å². The molecule has 1 saturated carbocycles. The number of nitrogens with one attached hydrogen (secondary N) is 1. The van der Waals surface area contributed by atoms with Gasteiger partial charge < -0.3 is 5.32 Å². The molecule has 1 N–H and O–H groups in total. The van der Waals surface area contributed by atoms with Crippen LogP contribution < -0.4 is 5.32 Å². The SMILES string of the molecule is O=C(Cc1cccc(F)c1)NCC1CCC(Br)CC1. The summed E-state index contributed by atoms with van der Waals surface area (Å²) in [4.78, 5) is 12.4. The molecule has 0 bridgehead atoms. The second-order valence-electron chi connectivity index (χ2n) is 5.23. The lowest BCUT2D eigenvalue weighted by Crippen LogP contribution is -2.32. The van der Waals surface area contributed by atoms with Crippen LogP contribution in [0.25, 0.3) is 0 Å². The second kappa shape index (κ2) is 7.04. The fourth-order valence-corrected chi connectivity index (χ4v) is 3.01. The fourth-order valence-electron chi connectivity index (χ4n) is 2.48.